The summed E-state index contributed by atoms with van der Waals surface area (Å²) in [6.07, 6.45) is 4.25. The number of nitrogens with one attached hydrogen (secondary N) is 2. The molecule has 1 aliphatic heterocycles. The highest BCUT2D eigenvalue weighted by Gasteiger charge is 2.20. The number of amides is 3. The molecule has 2 N–H and O–H groups in total. The van der Waals surface area contributed by atoms with Crippen molar-refractivity contribution in [1.29, 1.82) is 0 Å². The van der Waals surface area contributed by atoms with Gasteiger partial charge in [-0.3, -0.25) is 14.9 Å². The van der Waals surface area contributed by atoms with Crippen LogP contribution in [0.3, 0.4) is 0 Å². The number of benzene rings is 2. The molecule has 8 nitrogen and oxygen atoms in total. The first-order chi connectivity index (χ1) is 14.3. The van der Waals surface area contributed by atoms with Gasteiger partial charge in [-0.1, -0.05) is 12.8 Å². The Morgan fingerprint density at radius 2 is 1.57 bits per heavy atom. The normalized spacial score (nSPS) is 14.0. The average molecular weight is 414 g/mol. The largest absolute Gasteiger partial charge is 0.325 e. The van der Waals surface area contributed by atoms with E-state index in [2.05, 4.69) is 10.6 Å². The Labute approximate surface area is 173 Å². The summed E-state index contributed by atoms with van der Waals surface area (Å²) in [4.78, 5) is 36.8. The van der Waals surface area contributed by atoms with Gasteiger partial charge in [-0.25, -0.2) is 9.18 Å². The molecule has 0 radical (unpaired) electrons. The van der Waals surface area contributed by atoms with Gasteiger partial charge in [-0.2, -0.15) is 0 Å². The summed E-state index contributed by atoms with van der Waals surface area (Å²) in [6.45, 7) is 2.76. The van der Waals surface area contributed by atoms with E-state index in [1.165, 1.54) is 6.92 Å². The van der Waals surface area contributed by atoms with Crippen LogP contribution in [0.4, 0.5) is 26.2 Å². The van der Waals surface area contributed by atoms with Gasteiger partial charge in [-0.15, -0.1) is 0 Å². The lowest BCUT2D eigenvalue weighted by Crippen LogP contribution is -2.35. The number of halogens is 1. The number of urea groups is 1. The van der Waals surface area contributed by atoms with Crippen LogP contribution in [0.15, 0.2) is 36.4 Å². The quantitative estimate of drug-likeness (QED) is 0.559. The van der Waals surface area contributed by atoms with Gasteiger partial charge < -0.3 is 15.5 Å². The van der Waals surface area contributed by atoms with Gasteiger partial charge in [0.05, 0.1) is 10.5 Å². The van der Waals surface area contributed by atoms with Gasteiger partial charge in [0, 0.05) is 36.1 Å². The van der Waals surface area contributed by atoms with Gasteiger partial charge >= 0.3 is 6.03 Å². The van der Waals surface area contributed by atoms with Crippen LogP contribution >= 0.6 is 0 Å². The Bertz CT molecular complexity index is 954. The van der Waals surface area contributed by atoms with E-state index in [9.17, 15) is 24.1 Å². The van der Waals surface area contributed by atoms with Crippen molar-refractivity contribution >= 4 is 29.0 Å². The van der Waals surface area contributed by atoms with Crippen LogP contribution in [0.25, 0.3) is 0 Å². The first-order valence-corrected chi connectivity index (χ1v) is 9.77. The second-order valence-corrected chi connectivity index (χ2v) is 7.22. The van der Waals surface area contributed by atoms with E-state index in [1.54, 1.807) is 29.2 Å². The van der Waals surface area contributed by atoms with Crippen LogP contribution in [0, 0.1) is 22.9 Å². The van der Waals surface area contributed by atoms with Gasteiger partial charge in [-0.05, 0) is 50.1 Å². The zero-order valence-corrected chi connectivity index (χ0v) is 16.6. The van der Waals surface area contributed by atoms with E-state index in [0.717, 1.165) is 50.9 Å². The van der Waals surface area contributed by atoms with Crippen molar-refractivity contribution in [1.82, 2.24) is 4.90 Å². The molecule has 1 fully saturated rings. The molecule has 1 heterocycles. The van der Waals surface area contributed by atoms with Crippen LogP contribution in [0.5, 0.6) is 0 Å². The van der Waals surface area contributed by atoms with Gasteiger partial charge in [0.15, 0.2) is 0 Å². The number of rotatable bonds is 4. The predicted molar refractivity (Wildman–Crippen MR) is 111 cm³/mol. The lowest BCUT2D eigenvalue weighted by atomic mass is 10.1. The molecule has 30 heavy (non-hydrogen) atoms. The number of hydrogen-bond donors (Lipinski definition) is 2. The number of carbonyl (C=O) groups is 2. The highest BCUT2D eigenvalue weighted by molar-refractivity contribution is 6.05. The molecule has 0 aromatic heterocycles. The molecule has 9 heteroatoms. The molecule has 1 aliphatic rings. The van der Waals surface area contributed by atoms with Crippen molar-refractivity contribution in [2.24, 2.45) is 0 Å². The van der Waals surface area contributed by atoms with Crippen molar-refractivity contribution in [3.05, 3.63) is 63.5 Å². The lowest BCUT2D eigenvalue weighted by Gasteiger charge is -2.20. The minimum absolute atomic E-state index is 0.124. The molecule has 0 atom stereocenters. The number of nitrogens with zero attached hydrogens (tertiary/aromatic N) is 2. The smallest absolute Gasteiger partial charge is 0.321 e. The summed E-state index contributed by atoms with van der Waals surface area (Å²) < 4.78 is 13.9. The maximum absolute atomic E-state index is 13.9. The van der Waals surface area contributed by atoms with Crippen LogP contribution in [0.1, 0.15) is 41.6 Å². The molecule has 0 unspecified atom stereocenters. The lowest BCUT2D eigenvalue weighted by molar-refractivity contribution is -0.385. The number of nitro groups is 1. The molecule has 158 valence electrons. The Balaban J connectivity index is 1.65. The molecule has 0 bridgehead atoms. The zero-order valence-electron chi connectivity index (χ0n) is 16.6. The summed E-state index contributed by atoms with van der Waals surface area (Å²) in [5.41, 5.74) is 0.270. The van der Waals surface area contributed by atoms with E-state index in [-0.39, 0.29) is 17.2 Å². The molecule has 2 aromatic carbocycles. The zero-order chi connectivity index (χ0) is 21.7. The Morgan fingerprint density at radius 3 is 2.13 bits per heavy atom. The first kappa shape index (κ1) is 21.2. The third-order valence-electron chi connectivity index (χ3n) is 5.06. The second kappa shape index (κ2) is 9.34. The minimum Gasteiger partial charge on any atom is -0.325 e. The van der Waals surface area contributed by atoms with Crippen LogP contribution < -0.4 is 10.6 Å². The molecule has 0 spiro atoms. The number of hydrogen-bond acceptors (Lipinski definition) is 4. The van der Waals surface area contributed by atoms with E-state index in [0.29, 0.717) is 11.4 Å². The maximum atomic E-state index is 13.9. The fourth-order valence-electron chi connectivity index (χ4n) is 3.30. The summed E-state index contributed by atoms with van der Waals surface area (Å²) in [6, 6.07) is 8.32. The first-order valence-electron chi connectivity index (χ1n) is 9.77. The Kier molecular flexibility index (Phi) is 6.61. The van der Waals surface area contributed by atoms with Crippen LogP contribution in [0.2, 0.25) is 0 Å². The monoisotopic (exact) mass is 414 g/mol. The average Bonchev–Trinajstić information content (AvgIpc) is 3.00. The summed E-state index contributed by atoms with van der Waals surface area (Å²) in [5.74, 6) is -1.49. The number of nitro benzene ring substituents is 1. The molecule has 2 aromatic rings. The standard InChI is InChI=1S/C21H23FN4O4/c1-14-18(22)12-15(13-19(14)26(29)30)20(27)23-16-6-8-17(9-7-16)24-21(28)25-10-4-2-3-5-11-25/h6-9,12-13H,2-5,10-11H2,1H3,(H,23,27)(H,24,28). The van der Waals surface area contributed by atoms with Crippen molar-refractivity contribution in [2.45, 2.75) is 32.6 Å². The highest BCUT2D eigenvalue weighted by Crippen LogP contribution is 2.24. The third kappa shape index (κ3) is 5.11. The molecule has 3 rings (SSSR count). The van der Waals surface area contributed by atoms with E-state index < -0.39 is 22.3 Å². The second-order valence-electron chi connectivity index (χ2n) is 7.22. The third-order valence-corrected chi connectivity index (χ3v) is 5.06. The minimum atomic E-state index is -0.819. The fraction of sp³-hybridized carbons (Fsp3) is 0.333. The molecule has 0 aliphatic carbocycles. The predicted octanol–water partition coefficient (Wildman–Crippen LogP) is 4.70. The van der Waals surface area contributed by atoms with Gasteiger partial charge in [0.25, 0.3) is 11.6 Å². The van der Waals surface area contributed by atoms with E-state index in [1.807, 2.05) is 0 Å². The van der Waals surface area contributed by atoms with Gasteiger partial charge in [0.2, 0.25) is 0 Å². The molecule has 0 saturated carbocycles. The summed E-state index contributed by atoms with van der Waals surface area (Å²) in [7, 11) is 0. The maximum Gasteiger partial charge on any atom is 0.321 e. The van der Waals surface area contributed by atoms with Crippen molar-refractivity contribution in [3.63, 3.8) is 0 Å². The summed E-state index contributed by atoms with van der Waals surface area (Å²) in [5, 5.41) is 16.4. The van der Waals surface area contributed by atoms with Crippen LogP contribution in [-0.4, -0.2) is 34.9 Å². The van der Waals surface area contributed by atoms with Crippen molar-refractivity contribution < 1.29 is 18.9 Å². The Morgan fingerprint density at radius 1 is 1.00 bits per heavy atom. The highest BCUT2D eigenvalue weighted by atomic mass is 19.1. The number of carbonyl (C=O) groups excluding carboxylic acids is 2. The van der Waals surface area contributed by atoms with Crippen molar-refractivity contribution in [2.75, 3.05) is 23.7 Å². The molecule has 3 amide bonds. The van der Waals surface area contributed by atoms with E-state index in [4.69, 9.17) is 0 Å². The molecular formula is C21H23FN4O4. The number of anilines is 2. The summed E-state index contributed by atoms with van der Waals surface area (Å²) >= 11 is 0. The van der Waals surface area contributed by atoms with E-state index >= 15 is 0 Å². The molecule has 1 saturated heterocycles. The molecular weight excluding hydrogens is 391 g/mol. The van der Waals surface area contributed by atoms with Crippen molar-refractivity contribution in [3.8, 4) is 0 Å². The van der Waals surface area contributed by atoms with Gasteiger partial charge in [0.1, 0.15) is 5.82 Å². The number of likely N-dealkylation sites (tertiary alicyclic amines) is 1. The Hall–Kier alpha value is -3.49. The van der Waals surface area contributed by atoms with Crippen LogP contribution in [-0.2, 0) is 0 Å². The fourth-order valence-corrected chi connectivity index (χ4v) is 3.30. The topological polar surface area (TPSA) is 105 Å². The SMILES string of the molecule is Cc1c(F)cc(C(=O)Nc2ccc(NC(=O)N3CCCCCC3)cc2)cc1[N+](=O)[O-].